The van der Waals surface area contributed by atoms with Crippen molar-refractivity contribution in [2.24, 2.45) is 0 Å². The van der Waals surface area contributed by atoms with Gasteiger partial charge in [-0.1, -0.05) is 24.6 Å². The molecule has 2 nitrogen and oxygen atoms in total. The van der Waals surface area contributed by atoms with Crippen molar-refractivity contribution in [3.63, 3.8) is 0 Å². The lowest BCUT2D eigenvalue weighted by Gasteiger charge is -2.16. The lowest BCUT2D eigenvalue weighted by atomic mass is 10.2. The van der Waals surface area contributed by atoms with E-state index in [1.165, 1.54) is 5.56 Å². The van der Waals surface area contributed by atoms with Crippen molar-refractivity contribution in [2.75, 3.05) is 12.8 Å². The average molecular weight is 212 g/mol. The summed E-state index contributed by atoms with van der Waals surface area (Å²) in [5.41, 5.74) is 1.17. The summed E-state index contributed by atoms with van der Waals surface area (Å²) in [5.74, 6) is 0. The molecular weight excluding hydrogens is 195 g/mol. The molecule has 3 heteroatoms. The number of benzene rings is 1. The van der Waals surface area contributed by atoms with Gasteiger partial charge in [-0.3, -0.25) is 4.57 Å². The molecule has 1 aromatic rings. The molecule has 0 saturated carbocycles. The van der Waals surface area contributed by atoms with E-state index in [4.69, 9.17) is 4.52 Å². The minimum absolute atomic E-state index is 0.499. The first-order chi connectivity index (χ1) is 6.62. The second-order valence-corrected chi connectivity index (χ2v) is 6.00. The Morgan fingerprint density at radius 3 is 2.21 bits per heavy atom. The topological polar surface area (TPSA) is 26.3 Å². The summed E-state index contributed by atoms with van der Waals surface area (Å²) in [6.07, 6.45) is 0.559. The van der Waals surface area contributed by atoms with Crippen molar-refractivity contribution >= 4 is 12.7 Å². The first kappa shape index (κ1) is 11.5. The summed E-state index contributed by atoms with van der Waals surface area (Å²) in [6, 6.07) is 7.73. The Labute approximate surface area is 85.7 Å². The monoisotopic (exact) mass is 212 g/mol. The minimum Gasteiger partial charge on any atom is -0.326 e. The molecule has 1 unspecified atom stereocenters. The van der Waals surface area contributed by atoms with Crippen molar-refractivity contribution in [3.8, 4) is 0 Å². The molecule has 1 atom stereocenters. The zero-order chi connectivity index (χ0) is 10.6. The fourth-order valence-corrected chi connectivity index (χ4v) is 3.05. The standard InChI is InChI=1S/C11H17O2P/c1-4-13-14(12,5-2)11-8-6-10(3)7-9-11/h6-9H,4-5H2,1-3H3. The highest BCUT2D eigenvalue weighted by Crippen LogP contribution is 2.44. The first-order valence-electron chi connectivity index (χ1n) is 4.93. The molecular formula is C11H17O2P. The highest BCUT2D eigenvalue weighted by Gasteiger charge is 2.22. The van der Waals surface area contributed by atoms with Crippen molar-refractivity contribution < 1.29 is 9.09 Å². The summed E-state index contributed by atoms with van der Waals surface area (Å²) < 4.78 is 17.6. The van der Waals surface area contributed by atoms with Crippen molar-refractivity contribution in [1.82, 2.24) is 0 Å². The van der Waals surface area contributed by atoms with Gasteiger partial charge in [0.25, 0.3) is 0 Å². The molecule has 0 heterocycles. The minimum atomic E-state index is -2.57. The Hall–Kier alpha value is -0.590. The second-order valence-electron chi connectivity index (χ2n) is 3.24. The van der Waals surface area contributed by atoms with Gasteiger partial charge in [-0.05, 0) is 26.0 Å². The highest BCUT2D eigenvalue weighted by atomic mass is 31.2. The zero-order valence-corrected chi connectivity index (χ0v) is 9.88. The summed E-state index contributed by atoms with van der Waals surface area (Å²) in [4.78, 5) is 0. The van der Waals surface area contributed by atoms with Crippen LogP contribution in [0, 0.1) is 6.92 Å². The van der Waals surface area contributed by atoms with Gasteiger partial charge >= 0.3 is 0 Å². The third-order valence-electron chi connectivity index (χ3n) is 2.18. The quantitative estimate of drug-likeness (QED) is 0.717. The van der Waals surface area contributed by atoms with Crippen LogP contribution in [0.3, 0.4) is 0 Å². The first-order valence-corrected chi connectivity index (χ1v) is 6.74. The van der Waals surface area contributed by atoms with Crippen LogP contribution in [0.2, 0.25) is 0 Å². The van der Waals surface area contributed by atoms with Crippen LogP contribution in [0.5, 0.6) is 0 Å². The molecule has 0 aliphatic heterocycles. The van der Waals surface area contributed by atoms with E-state index in [1.807, 2.05) is 45.0 Å². The number of rotatable bonds is 4. The lowest BCUT2D eigenvalue weighted by Crippen LogP contribution is -2.09. The Morgan fingerprint density at radius 2 is 1.79 bits per heavy atom. The van der Waals surface area contributed by atoms with E-state index in [9.17, 15) is 4.57 Å². The smallest absolute Gasteiger partial charge is 0.231 e. The molecule has 0 radical (unpaired) electrons. The summed E-state index contributed by atoms with van der Waals surface area (Å²) in [5, 5.41) is 0.826. The zero-order valence-electron chi connectivity index (χ0n) is 8.99. The molecule has 0 aromatic heterocycles. The fraction of sp³-hybridized carbons (Fsp3) is 0.455. The van der Waals surface area contributed by atoms with Gasteiger partial charge < -0.3 is 4.52 Å². The predicted molar refractivity (Wildman–Crippen MR) is 60.6 cm³/mol. The van der Waals surface area contributed by atoms with E-state index >= 15 is 0 Å². The Kier molecular flexibility index (Phi) is 3.91. The summed E-state index contributed by atoms with van der Waals surface area (Å²) >= 11 is 0. The molecule has 0 fully saturated rings. The molecule has 1 rings (SSSR count). The number of hydrogen-bond acceptors (Lipinski definition) is 2. The number of aryl methyl sites for hydroxylation is 1. The van der Waals surface area contributed by atoms with Gasteiger partial charge in [-0.25, -0.2) is 0 Å². The molecule has 0 aliphatic carbocycles. The van der Waals surface area contributed by atoms with E-state index in [-0.39, 0.29) is 0 Å². The van der Waals surface area contributed by atoms with E-state index in [0.717, 1.165) is 5.30 Å². The van der Waals surface area contributed by atoms with Crippen LogP contribution in [0.25, 0.3) is 0 Å². The van der Waals surface area contributed by atoms with Crippen molar-refractivity contribution in [3.05, 3.63) is 29.8 Å². The van der Waals surface area contributed by atoms with Crippen LogP contribution in [0.4, 0.5) is 0 Å². The maximum absolute atomic E-state index is 12.3. The van der Waals surface area contributed by atoms with Gasteiger partial charge in [0.15, 0.2) is 0 Å². The molecule has 14 heavy (non-hydrogen) atoms. The van der Waals surface area contributed by atoms with E-state index in [2.05, 4.69) is 0 Å². The molecule has 0 saturated heterocycles. The predicted octanol–water partition coefficient (Wildman–Crippen LogP) is 2.95. The van der Waals surface area contributed by atoms with Crippen LogP contribution in [-0.2, 0) is 9.09 Å². The van der Waals surface area contributed by atoms with Crippen LogP contribution in [0.15, 0.2) is 24.3 Å². The van der Waals surface area contributed by atoms with Crippen molar-refractivity contribution in [1.29, 1.82) is 0 Å². The normalized spacial score (nSPS) is 15.1. The Bertz CT molecular complexity index is 330. The third kappa shape index (κ3) is 2.46. The highest BCUT2D eigenvalue weighted by molar-refractivity contribution is 7.66. The maximum Gasteiger partial charge on any atom is 0.231 e. The van der Waals surface area contributed by atoms with Gasteiger partial charge in [-0.2, -0.15) is 0 Å². The molecule has 0 bridgehead atoms. The van der Waals surface area contributed by atoms with E-state index in [1.54, 1.807) is 0 Å². The van der Waals surface area contributed by atoms with Gasteiger partial charge in [0.05, 0.1) is 6.61 Å². The maximum atomic E-state index is 12.3. The fourth-order valence-electron chi connectivity index (χ4n) is 1.33. The Morgan fingerprint density at radius 1 is 1.21 bits per heavy atom. The van der Waals surface area contributed by atoms with Gasteiger partial charge in [0.1, 0.15) is 0 Å². The summed E-state index contributed by atoms with van der Waals surface area (Å²) in [7, 11) is -2.57. The van der Waals surface area contributed by atoms with Crippen molar-refractivity contribution in [2.45, 2.75) is 20.8 Å². The largest absolute Gasteiger partial charge is 0.326 e. The average Bonchev–Trinajstić information content (AvgIpc) is 2.19. The molecule has 0 aliphatic rings. The second kappa shape index (κ2) is 4.77. The summed E-state index contributed by atoms with van der Waals surface area (Å²) in [6.45, 7) is 6.28. The molecule has 78 valence electrons. The molecule has 0 spiro atoms. The molecule has 0 amide bonds. The third-order valence-corrected chi connectivity index (χ3v) is 4.77. The van der Waals surface area contributed by atoms with Crippen LogP contribution in [0.1, 0.15) is 19.4 Å². The van der Waals surface area contributed by atoms with Gasteiger partial charge in [-0.15, -0.1) is 0 Å². The SMILES string of the molecule is CCOP(=O)(CC)c1ccc(C)cc1. The lowest BCUT2D eigenvalue weighted by molar-refractivity contribution is 0.341. The van der Waals surface area contributed by atoms with Crippen LogP contribution >= 0.6 is 7.37 Å². The van der Waals surface area contributed by atoms with Crippen LogP contribution < -0.4 is 5.30 Å². The molecule has 1 aromatic carbocycles. The number of hydrogen-bond donors (Lipinski definition) is 0. The Balaban J connectivity index is 3.00. The van der Waals surface area contributed by atoms with Crippen LogP contribution in [-0.4, -0.2) is 12.8 Å². The van der Waals surface area contributed by atoms with Gasteiger partial charge in [0.2, 0.25) is 7.37 Å². The van der Waals surface area contributed by atoms with Gasteiger partial charge in [0, 0.05) is 11.5 Å². The van der Waals surface area contributed by atoms with E-state index in [0.29, 0.717) is 12.8 Å². The molecule has 0 N–H and O–H groups in total. The van der Waals surface area contributed by atoms with E-state index < -0.39 is 7.37 Å².